The van der Waals surface area contributed by atoms with Crippen LogP contribution in [0.1, 0.15) is 28.4 Å². The Balaban J connectivity index is 1.87. The minimum Gasteiger partial charge on any atom is -0.322 e. The predicted molar refractivity (Wildman–Crippen MR) is 92.8 cm³/mol. The van der Waals surface area contributed by atoms with Gasteiger partial charge in [-0.1, -0.05) is 18.2 Å². The molecule has 1 heterocycles. The van der Waals surface area contributed by atoms with Gasteiger partial charge in [0.05, 0.1) is 0 Å². The van der Waals surface area contributed by atoms with Crippen LogP contribution in [-0.4, -0.2) is 26.1 Å². The van der Waals surface area contributed by atoms with E-state index in [1.807, 2.05) is 45.0 Å². The number of tetrazole rings is 1. The second-order valence-corrected chi connectivity index (χ2v) is 5.73. The van der Waals surface area contributed by atoms with Gasteiger partial charge in [0.2, 0.25) is 0 Å². The summed E-state index contributed by atoms with van der Waals surface area (Å²) in [4.78, 5) is 12.5. The maximum atomic E-state index is 12.5. The number of aromatic nitrogens is 4. The van der Waals surface area contributed by atoms with Gasteiger partial charge in [-0.3, -0.25) is 4.79 Å². The van der Waals surface area contributed by atoms with E-state index in [-0.39, 0.29) is 5.91 Å². The summed E-state index contributed by atoms with van der Waals surface area (Å²) in [5.41, 5.74) is 4.40. The molecule has 0 radical (unpaired) electrons. The zero-order chi connectivity index (χ0) is 17.1. The fraction of sp³-hybridized carbons (Fsp3) is 0.222. The first-order valence-corrected chi connectivity index (χ1v) is 7.83. The van der Waals surface area contributed by atoms with Gasteiger partial charge in [-0.2, -0.15) is 0 Å². The number of carbonyl (C=O) groups excluding carboxylic acids is 1. The average Bonchev–Trinajstić information content (AvgIpc) is 3.02. The Morgan fingerprint density at radius 3 is 2.58 bits per heavy atom. The lowest BCUT2D eigenvalue weighted by Crippen LogP contribution is -2.12. The third-order valence-electron chi connectivity index (χ3n) is 3.69. The Kier molecular flexibility index (Phi) is 4.37. The van der Waals surface area contributed by atoms with Crippen LogP contribution in [0.15, 0.2) is 42.5 Å². The van der Waals surface area contributed by atoms with Crippen LogP contribution in [0.3, 0.4) is 0 Å². The summed E-state index contributed by atoms with van der Waals surface area (Å²) in [5, 5.41) is 14.6. The van der Waals surface area contributed by atoms with Crippen LogP contribution in [0.5, 0.6) is 0 Å². The molecular weight excluding hydrogens is 302 g/mol. The lowest BCUT2D eigenvalue weighted by atomic mass is 10.1. The second kappa shape index (κ2) is 6.62. The van der Waals surface area contributed by atoms with E-state index >= 15 is 0 Å². The van der Waals surface area contributed by atoms with Gasteiger partial charge >= 0.3 is 0 Å². The maximum Gasteiger partial charge on any atom is 0.255 e. The predicted octanol–water partition coefficient (Wildman–Crippen LogP) is 3.23. The molecule has 0 saturated carbocycles. The number of rotatable bonds is 4. The highest BCUT2D eigenvalue weighted by Crippen LogP contribution is 2.19. The molecule has 1 aromatic heterocycles. The number of carbonyl (C=O) groups is 1. The zero-order valence-electron chi connectivity index (χ0n) is 13.9. The lowest BCUT2D eigenvalue weighted by Gasteiger charge is -2.09. The summed E-state index contributed by atoms with van der Waals surface area (Å²) >= 11 is 0. The number of aryl methyl sites for hydroxylation is 3. The maximum absolute atomic E-state index is 12.5. The highest BCUT2D eigenvalue weighted by molar-refractivity contribution is 6.04. The number of amides is 1. The second-order valence-electron chi connectivity index (χ2n) is 5.73. The van der Waals surface area contributed by atoms with Crippen LogP contribution in [0.2, 0.25) is 0 Å². The number of hydrogen-bond acceptors (Lipinski definition) is 4. The lowest BCUT2D eigenvalue weighted by molar-refractivity contribution is 0.102. The van der Waals surface area contributed by atoms with Gasteiger partial charge in [-0.05, 0) is 66.6 Å². The number of benzene rings is 2. The molecule has 6 nitrogen and oxygen atoms in total. The number of hydrogen-bond donors (Lipinski definition) is 1. The molecule has 0 spiro atoms. The van der Waals surface area contributed by atoms with Crippen LogP contribution in [0, 0.1) is 13.8 Å². The monoisotopic (exact) mass is 321 g/mol. The third kappa shape index (κ3) is 3.32. The summed E-state index contributed by atoms with van der Waals surface area (Å²) < 4.78 is 1.70. The summed E-state index contributed by atoms with van der Waals surface area (Å²) in [6.07, 6.45) is 0. The van der Waals surface area contributed by atoms with Crippen LogP contribution in [-0.2, 0) is 6.54 Å². The molecule has 0 bridgehead atoms. The fourth-order valence-electron chi connectivity index (χ4n) is 2.67. The quantitative estimate of drug-likeness (QED) is 0.800. The SMILES string of the molecule is CCn1nnnc1-c1cccc(C(=O)Nc2cc(C)cc(C)c2)c1. The van der Waals surface area contributed by atoms with E-state index < -0.39 is 0 Å². The first-order valence-electron chi connectivity index (χ1n) is 7.83. The Labute approximate surface area is 140 Å². The fourth-order valence-corrected chi connectivity index (χ4v) is 2.67. The summed E-state index contributed by atoms with van der Waals surface area (Å²) in [6.45, 7) is 6.65. The van der Waals surface area contributed by atoms with E-state index in [9.17, 15) is 4.79 Å². The zero-order valence-corrected chi connectivity index (χ0v) is 13.9. The normalized spacial score (nSPS) is 10.6. The van der Waals surface area contributed by atoms with Crippen molar-refractivity contribution >= 4 is 11.6 Å². The molecule has 0 aliphatic rings. The smallest absolute Gasteiger partial charge is 0.255 e. The van der Waals surface area contributed by atoms with Crippen molar-refractivity contribution in [2.75, 3.05) is 5.32 Å². The van der Waals surface area contributed by atoms with Gasteiger partial charge in [0, 0.05) is 23.4 Å². The molecule has 3 aromatic rings. The molecule has 2 aromatic carbocycles. The van der Waals surface area contributed by atoms with Crippen molar-refractivity contribution in [3.63, 3.8) is 0 Å². The minimum absolute atomic E-state index is 0.155. The van der Waals surface area contributed by atoms with Crippen LogP contribution in [0.25, 0.3) is 11.4 Å². The summed E-state index contributed by atoms with van der Waals surface area (Å²) in [7, 11) is 0. The molecule has 24 heavy (non-hydrogen) atoms. The first-order chi connectivity index (χ1) is 11.6. The van der Waals surface area contributed by atoms with Crippen molar-refractivity contribution in [3.05, 3.63) is 59.2 Å². The van der Waals surface area contributed by atoms with Crippen molar-refractivity contribution in [3.8, 4) is 11.4 Å². The molecule has 0 aliphatic carbocycles. The van der Waals surface area contributed by atoms with Crippen molar-refractivity contribution in [2.24, 2.45) is 0 Å². The Bertz CT molecular complexity index is 864. The molecule has 0 unspecified atom stereocenters. The minimum atomic E-state index is -0.155. The molecule has 0 aliphatic heterocycles. The molecule has 1 amide bonds. The molecule has 1 N–H and O–H groups in total. The van der Waals surface area contributed by atoms with Gasteiger partial charge in [-0.25, -0.2) is 4.68 Å². The van der Waals surface area contributed by atoms with Crippen LogP contribution >= 0.6 is 0 Å². The number of nitrogens with one attached hydrogen (secondary N) is 1. The summed E-state index contributed by atoms with van der Waals surface area (Å²) in [6, 6.07) is 13.3. The van der Waals surface area contributed by atoms with E-state index in [0.717, 1.165) is 22.4 Å². The molecule has 6 heteroatoms. The molecule has 0 saturated heterocycles. The van der Waals surface area contributed by atoms with Crippen molar-refractivity contribution in [1.29, 1.82) is 0 Å². The molecular formula is C18H19N5O. The van der Waals surface area contributed by atoms with E-state index in [1.165, 1.54) is 0 Å². The Morgan fingerprint density at radius 2 is 1.88 bits per heavy atom. The van der Waals surface area contributed by atoms with Crippen LogP contribution in [0.4, 0.5) is 5.69 Å². The van der Waals surface area contributed by atoms with Crippen molar-refractivity contribution in [1.82, 2.24) is 20.2 Å². The van der Waals surface area contributed by atoms with E-state index in [0.29, 0.717) is 17.9 Å². The topological polar surface area (TPSA) is 72.7 Å². The van der Waals surface area contributed by atoms with Gasteiger partial charge in [0.1, 0.15) is 0 Å². The molecule has 3 rings (SSSR count). The molecule has 122 valence electrons. The van der Waals surface area contributed by atoms with Gasteiger partial charge in [-0.15, -0.1) is 5.10 Å². The summed E-state index contributed by atoms with van der Waals surface area (Å²) in [5.74, 6) is 0.496. The van der Waals surface area contributed by atoms with Crippen molar-refractivity contribution < 1.29 is 4.79 Å². The number of anilines is 1. The van der Waals surface area contributed by atoms with Gasteiger partial charge in [0.25, 0.3) is 5.91 Å². The van der Waals surface area contributed by atoms with Crippen molar-refractivity contribution in [2.45, 2.75) is 27.3 Å². The third-order valence-corrected chi connectivity index (χ3v) is 3.69. The van der Waals surface area contributed by atoms with Gasteiger partial charge < -0.3 is 5.32 Å². The van der Waals surface area contributed by atoms with E-state index in [4.69, 9.17) is 0 Å². The van der Waals surface area contributed by atoms with Gasteiger partial charge in [0.15, 0.2) is 5.82 Å². The van der Waals surface area contributed by atoms with E-state index in [1.54, 1.807) is 16.8 Å². The standard InChI is InChI=1S/C18H19N5O/c1-4-23-17(20-21-22-23)14-6-5-7-15(11-14)18(24)19-16-9-12(2)8-13(3)10-16/h5-11H,4H2,1-3H3,(H,19,24). The van der Waals surface area contributed by atoms with Crippen LogP contribution < -0.4 is 5.32 Å². The highest BCUT2D eigenvalue weighted by Gasteiger charge is 2.12. The van der Waals surface area contributed by atoms with E-state index in [2.05, 4.69) is 26.9 Å². The average molecular weight is 321 g/mol. The molecule has 0 atom stereocenters. The highest BCUT2D eigenvalue weighted by atomic mass is 16.1. The first kappa shape index (κ1) is 15.9. The largest absolute Gasteiger partial charge is 0.322 e. The Morgan fingerprint density at radius 1 is 1.12 bits per heavy atom. The molecule has 0 fully saturated rings. The Hall–Kier alpha value is -3.02. The number of nitrogens with zero attached hydrogens (tertiary/aromatic N) is 4.